The van der Waals surface area contributed by atoms with Gasteiger partial charge in [-0.05, 0) is 31.4 Å². The van der Waals surface area contributed by atoms with Crippen LogP contribution in [0.2, 0.25) is 0 Å². The zero-order valence-electron chi connectivity index (χ0n) is 10.0. The van der Waals surface area contributed by atoms with Crippen molar-refractivity contribution in [3.05, 3.63) is 23.0 Å². The molecule has 0 aliphatic carbocycles. The van der Waals surface area contributed by atoms with Crippen LogP contribution in [0.5, 0.6) is 0 Å². The fourth-order valence-electron chi connectivity index (χ4n) is 1.53. The van der Waals surface area contributed by atoms with Crippen LogP contribution in [0.15, 0.2) is 6.20 Å². The Balaban J connectivity index is 2.70. The first-order valence-electron chi connectivity index (χ1n) is 5.43. The van der Waals surface area contributed by atoms with Gasteiger partial charge in [0.1, 0.15) is 5.69 Å². The van der Waals surface area contributed by atoms with E-state index in [2.05, 4.69) is 10.4 Å². The van der Waals surface area contributed by atoms with Gasteiger partial charge in [-0.15, -0.1) is 0 Å². The number of rotatable bonds is 5. The number of aromatic nitrogens is 1. The van der Waals surface area contributed by atoms with Crippen LogP contribution in [0.25, 0.3) is 0 Å². The maximum atomic E-state index is 11.5. The van der Waals surface area contributed by atoms with Crippen LogP contribution in [0.3, 0.4) is 0 Å². The number of ether oxygens (including phenoxy) is 1. The van der Waals surface area contributed by atoms with Crippen molar-refractivity contribution >= 4 is 11.9 Å². The molecule has 0 spiro atoms. The van der Waals surface area contributed by atoms with Crippen molar-refractivity contribution in [1.82, 2.24) is 10.4 Å². The van der Waals surface area contributed by atoms with Gasteiger partial charge in [0, 0.05) is 12.6 Å². The summed E-state index contributed by atoms with van der Waals surface area (Å²) in [5, 5.41) is 0. The molecule has 6 nitrogen and oxygen atoms in total. The highest BCUT2D eigenvalue weighted by Crippen LogP contribution is 2.15. The van der Waals surface area contributed by atoms with E-state index in [0.29, 0.717) is 18.7 Å². The minimum Gasteiger partial charge on any atom is -0.461 e. The molecule has 0 aliphatic rings. The number of amides is 1. The Morgan fingerprint density at radius 1 is 1.53 bits per heavy atom. The van der Waals surface area contributed by atoms with Gasteiger partial charge in [-0.2, -0.15) is 0 Å². The Hall–Kier alpha value is -1.82. The van der Waals surface area contributed by atoms with E-state index in [1.807, 2.05) is 6.92 Å². The molecule has 1 heterocycles. The average molecular weight is 239 g/mol. The molecule has 1 amide bonds. The smallest absolute Gasteiger partial charge is 0.355 e. The Kier molecular flexibility index (Phi) is 4.71. The molecular formula is C11H17N3O3. The Morgan fingerprint density at radius 2 is 2.24 bits per heavy atom. The lowest BCUT2D eigenvalue weighted by Gasteiger charge is -2.02. The molecule has 4 N–H and O–H groups in total. The lowest BCUT2D eigenvalue weighted by Crippen LogP contribution is -2.30. The Morgan fingerprint density at radius 3 is 2.82 bits per heavy atom. The third-order valence-corrected chi connectivity index (χ3v) is 2.51. The van der Waals surface area contributed by atoms with E-state index in [1.54, 1.807) is 13.1 Å². The summed E-state index contributed by atoms with van der Waals surface area (Å²) in [4.78, 5) is 25.4. The van der Waals surface area contributed by atoms with E-state index in [0.717, 1.165) is 11.1 Å². The summed E-state index contributed by atoms with van der Waals surface area (Å²) >= 11 is 0. The number of carbonyl (C=O) groups is 2. The molecule has 1 aromatic rings. The van der Waals surface area contributed by atoms with Gasteiger partial charge in [-0.25, -0.2) is 10.6 Å². The Bertz CT molecular complexity index is 412. The zero-order valence-corrected chi connectivity index (χ0v) is 10.0. The monoisotopic (exact) mass is 239 g/mol. The predicted molar refractivity (Wildman–Crippen MR) is 62.1 cm³/mol. The van der Waals surface area contributed by atoms with Gasteiger partial charge in [0.15, 0.2) is 0 Å². The number of aryl methyl sites for hydroxylation is 1. The number of esters is 1. The van der Waals surface area contributed by atoms with Crippen LogP contribution >= 0.6 is 0 Å². The van der Waals surface area contributed by atoms with Gasteiger partial charge < -0.3 is 9.72 Å². The number of hydrazine groups is 1. The average Bonchev–Trinajstić information content (AvgIpc) is 2.68. The topological polar surface area (TPSA) is 97.2 Å². The number of hydrogen-bond donors (Lipinski definition) is 3. The summed E-state index contributed by atoms with van der Waals surface area (Å²) in [7, 11) is 0. The van der Waals surface area contributed by atoms with Gasteiger partial charge >= 0.3 is 5.97 Å². The van der Waals surface area contributed by atoms with Crippen LogP contribution in [0.1, 0.15) is 35.0 Å². The van der Waals surface area contributed by atoms with E-state index in [-0.39, 0.29) is 18.3 Å². The second-order valence-electron chi connectivity index (χ2n) is 3.60. The maximum absolute atomic E-state index is 11.5. The number of hydrogen-bond acceptors (Lipinski definition) is 4. The normalized spacial score (nSPS) is 10.1. The number of H-pyrrole nitrogens is 1. The molecule has 17 heavy (non-hydrogen) atoms. The van der Waals surface area contributed by atoms with Crippen molar-refractivity contribution in [2.24, 2.45) is 5.84 Å². The highest BCUT2D eigenvalue weighted by Gasteiger charge is 2.15. The standard InChI is InChI=1S/C11H17N3O3/c1-3-17-11(16)10-7(2)8(6-13-10)4-5-9(15)14-12/h6,13H,3-5,12H2,1-2H3,(H,14,15). The van der Waals surface area contributed by atoms with E-state index in [9.17, 15) is 9.59 Å². The fourth-order valence-corrected chi connectivity index (χ4v) is 1.53. The van der Waals surface area contributed by atoms with Crippen molar-refractivity contribution in [3.8, 4) is 0 Å². The summed E-state index contributed by atoms with van der Waals surface area (Å²) in [6.45, 7) is 3.91. The molecule has 0 bridgehead atoms. The van der Waals surface area contributed by atoms with Crippen molar-refractivity contribution in [2.75, 3.05) is 6.61 Å². The fraction of sp³-hybridized carbons (Fsp3) is 0.455. The molecule has 1 aromatic heterocycles. The lowest BCUT2D eigenvalue weighted by atomic mass is 10.1. The molecule has 0 fully saturated rings. The minimum atomic E-state index is -0.375. The highest BCUT2D eigenvalue weighted by molar-refractivity contribution is 5.89. The van der Waals surface area contributed by atoms with Crippen LogP contribution < -0.4 is 11.3 Å². The second kappa shape index (κ2) is 6.05. The predicted octanol–water partition coefficient (Wildman–Crippen LogP) is 0.422. The molecule has 0 unspecified atom stereocenters. The number of nitrogens with two attached hydrogens (primary N) is 1. The third-order valence-electron chi connectivity index (χ3n) is 2.51. The minimum absolute atomic E-state index is 0.233. The first kappa shape index (κ1) is 13.2. The number of nitrogens with one attached hydrogen (secondary N) is 2. The molecule has 0 aliphatic heterocycles. The SMILES string of the molecule is CCOC(=O)c1[nH]cc(CCC(=O)NN)c1C. The molecular weight excluding hydrogens is 222 g/mol. The Labute approximate surface area is 99.5 Å². The summed E-state index contributed by atoms with van der Waals surface area (Å²) in [6, 6.07) is 0. The van der Waals surface area contributed by atoms with Crippen molar-refractivity contribution in [3.63, 3.8) is 0 Å². The number of carbonyl (C=O) groups excluding carboxylic acids is 2. The van der Waals surface area contributed by atoms with Gasteiger partial charge in [0.25, 0.3) is 0 Å². The first-order valence-corrected chi connectivity index (χ1v) is 5.43. The quantitative estimate of drug-likeness (QED) is 0.300. The molecule has 0 atom stereocenters. The van der Waals surface area contributed by atoms with Gasteiger partial charge in [-0.1, -0.05) is 0 Å². The molecule has 0 radical (unpaired) electrons. The number of aromatic amines is 1. The van der Waals surface area contributed by atoms with E-state index >= 15 is 0 Å². The van der Waals surface area contributed by atoms with Crippen LogP contribution in [-0.4, -0.2) is 23.5 Å². The van der Waals surface area contributed by atoms with E-state index < -0.39 is 0 Å². The van der Waals surface area contributed by atoms with Crippen LogP contribution in [-0.2, 0) is 16.0 Å². The summed E-state index contributed by atoms with van der Waals surface area (Å²) in [6.07, 6.45) is 2.54. The van der Waals surface area contributed by atoms with Gasteiger partial charge in [0.05, 0.1) is 6.61 Å². The van der Waals surface area contributed by atoms with Gasteiger partial charge in [0.2, 0.25) is 5.91 Å². The molecule has 6 heteroatoms. The van der Waals surface area contributed by atoms with Crippen LogP contribution in [0.4, 0.5) is 0 Å². The zero-order chi connectivity index (χ0) is 12.8. The van der Waals surface area contributed by atoms with Crippen molar-refractivity contribution in [1.29, 1.82) is 0 Å². The largest absolute Gasteiger partial charge is 0.461 e. The third kappa shape index (κ3) is 3.32. The molecule has 94 valence electrons. The summed E-state index contributed by atoms with van der Waals surface area (Å²) in [5.41, 5.74) is 4.23. The van der Waals surface area contributed by atoms with Crippen molar-refractivity contribution in [2.45, 2.75) is 26.7 Å². The molecule has 0 saturated carbocycles. The summed E-state index contributed by atoms with van der Waals surface area (Å²) < 4.78 is 4.90. The molecule has 0 aromatic carbocycles. The molecule has 1 rings (SSSR count). The second-order valence-corrected chi connectivity index (χ2v) is 3.60. The lowest BCUT2D eigenvalue weighted by molar-refractivity contribution is -0.121. The summed E-state index contributed by atoms with van der Waals surface area (Å²) in [5.74, 6) is 4.38. The first-order chi connectivity index (χ1) is 8.10. The molecule has 0 saturated heterocycles. The van der Waals surface area contributed by atoms with E-state index in [1.165, 1.54) is 0 Å². The maximum Gasteiger partial charge on any atom is 0.355 e. The van der Waals surface area contributed by atoms with E-state index in [4.69, 9.17) is 10.6 Å². The van der Waals surface area contributed by atoms with Crippen molar-refractivity contribution < 1.29 is 14.3 Å². The van der Waals surface area contributed by atoms with Crippen LogP contribution in [0, 0.1) is 6.92 Å². The highest BCUT2D eigenvalue weighted by atomic mass is 16.5. The van der Waals surface area contributed by atoms with Gasteiger partial charge in [-0.3, -0.25) is 10.2 Å².